The number of benzene rings is 1. The summed E-state index contributed by atoms with van der Waals surface area (Å²) in [4.78, 5) is 3.76. The summed E-state index contributed by atoms with van der Waals surface area (Å²) in [6.07, 6.45) is 1.44. The minimum absolute atomic E-state index is 0.00651. The van der Waals surface area contributed by atoms with Gasteiger partial charge in [-0.2, -0.15) is 8.42 Å². The van der Waals surface area contributed by atoms with Gasteiger partial charge in [-0.25, -0.2) is 4.98 Å². The Labute approximate surface area is 121 Å². The van der Waals surface area contributed by atoms with E-state index in [-0.39, 0.29) is 20.8 Å². The minimum atomic E-state index is -3.99. The van der Waals surface area contributed by atoms with E-state index < -0.39 is 10.1 Å². The molecule has 0 fully saturated rings. The molecule has 0 atom stereocenters. The van der Waals surface area contributed by atoms with Crippen molar-refractivity contribution in [1.82, 2.24) is 4.98 Å². The first-order valence-corrected chi connectivity index (χ1v) is 7.38. The van der Waals surface area contributed by atoms with Gasteiger partial charge in [-0.3, -0.25) is 0 Å². The first kappa shape index (κ1) is 14.1. The van der Waals surface area contributed by atoms with Crippen molar-refractivity contribution < 1.29 is 12.6 Å². The molecule has 0 saturated heterocycles. The lowest BCUT2D eigenvalue weighted by Gasteiger charge is -2.09. The van der Waals surface area contributed by atoms with E-state index in [0.717, 1.165) is 0 Å². The Morgan fingerprint density at radius 1 is 1.16 bits per heavy atom. The molecule has 19 heavy (non-hydrogen) atoms. The standard InChI is InChI=1S/C12H9Cl2NO3S/c1-8-6-9(13)10(14)7-11(8)19(16,17)18-12-4-2-3-5-15-12/h2-7H,1H3. The number of nitrogens with zero attached hydrogens (tertiary/aromatic N) is 1. The van der Waals surface area contributed by atoms with E-state index >= 15 is 0 Å². The van der Waals surface area contributed by atoms with E-state index in [1.54, 1.807) is 19.1 Å². The Morgan fingerprint density at radius 3 is 2.47 bits per heavy atom. The molecule has 0 radical (unpaired) electrons. The number of rotatable bonds is 3. The topological polar surface area (TPSA) is 56.3 Å². The van der Waals surface area contributed by atoms with Crippen molar-refractivity contribution in [1.29, 1.82) is 0 Å². The molecule has 0 aliphatic heterocycles. The highest BCUT2D eigenvalue weighted by molar-refractivity contribution is 7.87. The summed E-state index contributed by atoms with van der Waals surface area (Å²) in [6, 6.07) is 7.46. The summed E-state index contributed by atoms with van der Waals surface area (Å²) in [6.45, 7) is 1.61. The van der Waals surface area contributed by atoms with Gasteiger partial charge in [0.05, 0.1) is 10.0 Å². The molecule has 2 rings (SSSR count). The predicted molar refractivity (Wildman–Crippen MR) is 73.2 cm³/mol. The van der Waals surface area contributed by atoms with Crippen LogP contribution in [-0.2, 0) is 10.1 Å². The summed E-state index contributed by atoms with van der Waals surface area (Å²) in [7, 11) is -3.99. The third-order valence-corrected chi connectivity index (χ3v) is 4.41. The maximum Gasteiger partial charge on any atom is 0.341 e. The summed E-state index contributed by atoms with van der Waals surface area (Å²) in [5, 5.41) is 0.436. The lowest BCUT2D eigenvalue weighted by Crippen LogP contribution is -2.12. The fourth-order valence-corrected chi connectivity index (χ4v) is 3.03. The van der Waals surface area contributed by atoms with Crippen LogP contribution < -0.4 is 4.18 Å². The van der Waals surface area contributed by atoms with Crippen molar-refractivity contribution in [3.05, 3.63) is 52.1 Å². The molecule has 0 N–H and O–H groups in total. The van der Waals surface area contributed by atoms with E-state index in [9.17, 15) is 8.42 Å². The monoisotopic (exact) mass is 317 g/mol. The SMILES string of the molecule is Cc1cc(Cl)c(Cl)cc1S(=O)(=O)Oc1ccccn1. The van der Waals surface area contributed by atoms with Gasteiger partial charge in [0.25, 0.3) is 0 Å². The van der Waals surface area contributed by atoms with Crippen molar-refractivity contribution in [2.75, 3.05) is 0 Å². The fourth-order valence-electron chi connectivity index (χ4n) is 1.45. The third-order valence-electron chi connectivity index (χ3n) is 2.32. The minimum Gasteiger partial charge on any atom is -0.358 e. The molecule has 4 nitrogen and oxygen atoms in total. The van der Waals surface area contributed by atoms with Crippen LogP contribution in [-0.4, -0.2) is 13.4 Å². The Hall–Kier alpha value is -1.30. The number of aryl methyl sites for hydroxylation is 1. The van der Waals surface area contributed by atoms with E-state index in [1.807, 2.05) is 0 Å². The Bertz CT molecular complexity index is 702. The smallest absolute Gasteiger partial charge is 0.341 e. The van der Waals surface area contributed by atoms with Crippen LogP contribution in [0.25, 0.3) is 0 Å². The Morgan fingerprint density at radius 2 is 1.84 bits per heavy atom. The van der Waals surface area contributed by atoms with Crippen molar-refractivity contribution in [3.63, 3.8) is 0 Å². The predicted octanol–water partition coefficient (Wildman–Crippen LogP) is 3.46. The molecule has 7 heteroatoms. The van der Waals surface area contributed by atoms with Crippen LogP contribution in [0.1, 0.15) is 5.56 Å². The molecule has 1 aromatic heterocycles. The van der Waals surface area contributed by atoms with Crippen LogP contribution in [0.15, 0.2) is 41.4 Å². The molecule has 0 spiro atoms. The van der Waals surface area contributed by atoms with Gasteiger partial charge < -0.3 is 4.18 Å². The highest BCUT2D eigenvalue weighted by Crippen LogP contribution is 2.29. The number of halogens is 2. The maximum absolute atomic E-state index is 12.1. The second kappa shape index (κ2) is 5.36. The van der Waals surface area contributed by atoms with Crippen molar-refractivity contribution in [3.8, 4) is 5.88 Å². The fraction of sp³-hybridized carbons (Fsp3) is 0.0833. The molecule has 2 aromatic rings. The molecule has 1 aromatic carbocycles. The molecule has 0 unspecified atom stereocenters. The number of hydrogen-bond acceptors (Lipinski definition) is 4. The molecule has 0 aliphatic carbocycles. The molecule has 0 amide bonds. The van der Waals surface area contributed by atoms with Crippen LogP contribution in [0.5, 0.6) is 5.88 Å². The van der Waals surface area contributed by atoms with Crippen LogP contribution in [0.4, 0.5) is 0 Å². The summed E-state index contributed by atoms with van der Waals surface area (Å²) in [5.41, 5.74) is 0.449. The Kier molecular flexibility index (Phi) is 3.99. The van der Waals surface area contributed by atoms with Gasteiger partial charge in [-0.1, -0.05) is 29.3 Å². The van der Waals surface area contributed by atoms with Gasteiger partial charge in [-0.05, 0) is 30.7 Å². The van der Waals surface area contributed by atoms with Crippen molar-refractivity contribution in [2.45, 2.75) is 11.8 Å². The van der Waals surface area contributed by atoms with Gasteiger partial charge in [0.1, 0.15) is 4.90 Å². The highest BCUT2D eigenvalue weighted by Gasteiger charge is 2.21. The lowest BCUT2D eigenvalue weighted by atomic mass is 10.2. The maximum atomic E-state index is 12.1. The highest BCUT2D eigenvalue weighted by atomic mass is 35.5. The van der Waals surface area contributed by atoms with Crippen molar-refractivity contribution in [2.24, 2.45) is 0 Å². The zero-order valence-corrected chi connectivity index (χ0v) is 12.1. The molecule has 0 saturated carbocycles. The van der Waals surface area contributed by atoms with Gasteiger partial charge in [-0.15, -0.1) is 0 Å². The molecule has 0 bridgehead atoms. The second-order valence-corrected chi connectivity index (χ2v) is 6.07. The van der Waals surface area contributed by atoms with Crippen molar-refractivity contribution >= 4 is 33.3 Å². The molecular formula is C12H9Cl2NO3S. The van der Waals surface area contributed by atoms with Gasteiger partial charge >= 0.3 is 10.1 Å². The second-order valence-electron chi connectivity index (χ2n) is 3.74. The molecule has 100 valence electrons. The van der Waals surface area contributed by atoms with Crippen LogP contribution >= 0.6 is 23.2 Å². The van der Waals surface area contributed by atoms with Gasteiger partial charge in [0, 0.05) is 12.3 Å². The average Bonchev–Trinajstić information content (AvgIpc) is 2.34. The van der Waals surface area contributed by atoms with E-state index in [0.29, 0.717) is 5.56 Å². The summed E-state index contributed by atoms with van der Waals surface area (Å²) >= 11 is 11.6. The number of pyridine rings is 1. The van der Waals surface area contributed by atoms with E-state index in [4.69, 9.17) is 27.4 Å². The van der Waals surface area contributed by atoms with Gasteiger partial charge in [0.2, 0.25) is 5.88 Å². The first-order valence-electron chi connectivity index (χ1n) is 5.21. The van der Waals surface area contributed by atoms with E-state index in [1.165, 1.54) is 24.4 Å². The molecular weight excluding hydrogens is 309 g/mol. The van der Waals surface area contributed by atoms with Crippen LogP contribution in [0, 0.1) is 6.92 Å². The van der Waals surface area contributed by atoms with Crippen LogP contribution in [0.2, 0.25) is 10.0 Å². The molecule has 0 aliphatic rings. The zero-order chi connectivity index (χ0) is 14.0. The average molecular weight is 318 g/mol. The number of aromatic nitrogens is 1. The van der Waals surface area contributed by atoms with Crippen LogP contribution in [0.3, 0.4) is 0 Å². The quantitative estimate of drug-likeness (QED) is 0.813. The summed E-state index contributed by atoms with van der Waals surface area (Å²) < 4.78 is 29.2. The lowest BCUT2D eigenvalue weighted by molar-refractivity contribution is 0.475. The normalized spacial score (nSPS) is 11.3. The largest absolute Gasteiger partial charge is 0.358 e. The first-order chi connectivity index (χ1) is 8.90. The number of hydrogen-bond donors (Lipinski definition) is 0. The summed E-state index contributed by atoms with van der Waals surface area (Å²) in [5.74, 6) is -0.00651. The Balaban J connectivity index is 2.43. The van der Waals surface area contributed by atoms with Gasteiger partial charge in [0.15, 0.2) is 0 Å². The third kappa shape index (κ3) is 3.18. The molecule has 1 heterocycles. The zero-order valence-electron chi connectivity index (χ0n) is 9.80. The van der Waals surface area contributed by atoms with E-state index in [2.05, 4.69) is 4.98 Å².